The van der Waals surface area contributed by atoms with Gasteiger partial charge in [-0.1, -0.05) is 20.8 Å². The second-order valence-electron chi connectivity index (χ2n) is 11.9. The van der Waals surface area contributed by atoms with Gasteiger partial charge >= 0.3 is 11.9 Å². The van der Waals surface area contributed by atoms with E-state index in [4.69, 9.17) is 19.4 Å². The van der Waals surface area contributed by atoms with Gasteiger partial charge in [-0.2, -0.15) is 0 Å². The molecule has 0 amide bonds. The molecule has 3 aromatic rings. The van der Waals surface area contributed by atoms with Crippen molar-refractivity contribution < 1.29 is 19.1 Å². The van der Waals surface area contributed by atoms with Gasteiger partial charge in [0.2, 0.25) is 0 Å². The lowest BCUT2D eigenvalue weighted by molar-refractivity contribution is -0.141. The smallest absolute Gasteiger partial charge is 0.305 e. The zero-order valence-corrected chi connectivity index (χ0v) is 27.2. The molecule has 8 bridgehead atoms. The fraction of sp³-hybridized carbons (Fsp3) is 0.444. The number of carbonyl (C=O) groups excluding carboxylic acids is 2. The minimum absolute atomic E-state index is 0.250. The van der Waals surface area contributed by atoms with Gasteiger partial charge in [0.15, 0.2) is 0 Å². The highest BCUT2D eigenvalue weighted by atomic mass is 16.5. The minimum atomic E-state index is -0.257. The van der Waals surface area contributed by atoms with Gasteiger partial charge in [-0.25, -0.2) is 4.98 Å². The number of aromatic nitrogens is 4. The average molecular weight is 597 g/mol. The van der Waals surface area contributed by atoms with Gasteiger partial charge in [0.05, 0.1) is 25.6 Å². The zero-order chi connectivity index (χ0) is 31.7. The summed E-state index contributed by atoms with van der Waals surface area (Å²) in [4.78, 5) is 42.0. The summed E-state index contributed by atoms with van der Waals surface area (Å²) in [5.41, 5.74) is 14.5. The first-order valence-corrected chi connectivity index (χ1v) is 15.7. The molecule has 5 rings (SSSR count). The molecule has 2 unspecified atom stereocenters. The van der Waals surface area contributed by atoms with Crippen LogP contribution < -0.4 is 0 Å². The predicted molar refractivity (Wildman–Crippen MR) is 175 cm³/mol. The lowest BCUT2D eigenvalue weighted by Crippen LogP contribution is -2.02. The molecule has 0 aliphatic carbocycles. The third-order valence-corrected chi connectivity index (χ3v) is 9.55. The molecule has 0 saturated heterocycles. The number of carbonyl (C=O) groups is 2. The maximum atomic E-state index is 12.2. The van der Waals surface area contributed by atoms with Crippen molar-refractivity contribution in [1.29, 1.82) is 0 Å². The second-order valence-corrected chi connectivity index (χ2v) is 11.9. The molecule has 3 aromatic heterocycles. The van der Waals surface area contributed by atoms with E-state index < -0.39 is 0 Å². The molecule has 8 nitrogen and oxygen atoms in total. The van der Waals surface area contributed by atoms with Crippen LogP contribution in [0.4, 0.5) is 0 Å². The van der Waals surface area contributed by atoms with E-state index in [1.54, 1.807) is 0 Å². The normalized spacial score (nSPS) is 16.4. The first-order valence-electron chi connectivity index (χ1n) is 15.7. The van der Waals surface area contributed by atoms with Crippen LogP contribution >= 0.6 is 0 Å². The maximum absolute atomic E-state index is 12.2. The first-order chi connectivity index (χ1) is 21.1. The molecule has 0 aromatic carbocycles. The Morgan fingerprint density at radius 3 is 1.95 bits per heavy atom. The Morgan fingerprint density at radius 1 is 0.750 bits per heavy atom. The Hall–Kier alpha value is -4.20. The summed E-state index contributed by atoms with van der Waals surface area (Å²) in [6, 6.07) is 8.59. The third kappa shape index (κ3) is 5.82. The van der Waals surface area contributed by atoms with E-state index >= 15 is 0 Å². The van der Waals surface area contributed by atoms with Crippen LogP contribution in [-0.2, 0) is 31.9 Å². The van der Waals surface area contributed by atoms with Crippen molar-refractivity contribution in [3.63, 3.8) is 0 Å². The highest BCUT2D eigenvalue weighted by Gasteiger charge is 2.28. The van der Waals surface area contributed by atoms with Gasteiger partial charge in [0.1, 0.15) is 0 Å². The van der Waals surface area contributed by atoms with E-state index in [0.29, 0.717) is 18.8 Å². The van der Waals surface area contributed by atoms with Crippen LogP contribution in [0, 0.1) is 13.8 Å². The van der Waals surface area contributed by atoms with Crippen molar-refractivity contribution in [2.45, 2.75) is 91.9 Å². The maximum Gasteiger partial charge on any atom is 0.305 e. The van der Waals surface area contributed by atoms with Crippen molar-refractivity contribution in [3.8, 4) is 0 Å². The quantitative estimate of drug-likeness (QED) is 0.257. The summed E-state index contributed by atoms with van der Waals surface area (Å²) < 4.78 is 9.93. The Labute approximate surface area is 259 Å². The summed E-state index contributed by atoms with van der Waals surface area (Å²) in [5, 5.41) is 0. The molecule has 0 radical (unpaired) electrons. The lowest BCUT2D eigenvalue weighted by Gasteiger charge is -2.12. The molecule has 0 fully saturated rings. The molecule has 0 saturated carbocycles. The molecule has 2 N–H and O–H groups in total. The molecule has 2 aliphatic heterocycles. The number of nitrogens with zero attached hydrogens (tertiary/aromatic N) is 2. The average Bonchev–Trinajstić information content (AvgIpc) is 3.67. The lowest BCUT2D eigenvalue weighted by atomic mass is 9.89. The SMILES string of the molecule is CCc1c(C)c2cc3nc(cc4[nH]c(cc5nc(cc1[nH]2)C(C)C5CC)c(C)c4CCC(=O)OC)C(CCC(=O)OC)=C3C. The van der Waals surface area contributed by atoms with Gasteiger partial charge in [-0.15, -0.1) is 0 Å². The molecule has 2 aliphatic rings. The van der Waals surface area contributed by atoms with E-state index in [1.807, 2.05) is 0 Å². The number of fused-ring (bicyclic) bond motifs is 8. The fourth-order valence-corrected chi connectivity index (χ4v) is 6.76. The van der Waals surface area contributed by atoms with Gasteiger partial charge < -0.3 is 19.4 Å². The highest BCUT2D eigenvalue weighted by molar-refractivity contribution is 5.94. The van der Waals surface area contributed by atoms with Crippen LogP contribution in [0.5, 0.6) is 0 Å². The summed E-state index contributed by atoms with van der Waals surface area (Å²) in [6.07, 6.45) is 3.45. The largest absolute Gasteiger partial charge is 0.469 e. The molecule has 2 atom stereocenters. The summed E-state index contributed by atoms with van der Waals surface area (Å²) in [5.74, 6) is 0.0680. The second kappa shape index (κ2) is 12.8. The van der Waals surface area contributed by atoms with E-state index in [2.05, 4.69) is 75.8 Å². The highest BCUT2D eigenvalue weighted by Crippen LogP contribution is 2.40. The Balaban J connectivity index is 1.88. The number of esters is 2. The molecule has 5 heterocycles. The number of rotatable bonds is 8. The van der Waals surface area contributed by atoms with Crippen molar-refractivity contribution in [1.82, 2.24) is 19.9 Å². The molecule has 44 heavy (non-hydrogen) atoms. The number of hydrogen-bond acceptors (Lipinski definition) is 6. The summed E-state index contributed by atoms with van der Waals surface area (Å²) in [6.45, 7) is 13.0. The van der Waals surface area contributed by atoms with Crippen LogP contribution in [0.25, 0.3) is 33.2 Å². The van der Waals surface area contributed by atoms with Gasteiger partial charge in [0, 0.05) is 58.1 Å². The van der Waals surface area contributed by atoms with Gasteiger partial charge in [-0.3, -0.25) is 14.6 Å². The van der Waals surface area contributed by atoms with Crippen LogP contribution in [0.15, 0.2) is 24.3 Å². The number of aryl methyl sites for hydroxylation is 4. The number of allylic oxidation sites excluding steroid dienone is 2. The summed E-state index contributed by atoms with van der Waals surface area (Å²) in [7, 11) is 2.83. The number of nitrogens with one attached hydrogen (secondary N) is 2. The number of H-pyrrole nitrogens is 2. The number of hydrogen-bond donors (Lipinski definition) is 2. The standard InChI is InChI=1S/C36H44N4O4/c1-9-23-19(3)27-15-28-21(5)25(11-13-35(41)43-7)33(39-28)18-34-26(12-14-36(42)44-8)22(6)30(40-34)17-32-24(10-2)20(4)29(38-32)16-31(23)37-27/h15-18,20,24,37,40H,9-14H2,1-8H3. The van der Waals surface area contributed by atoms with E-state index in [-0.39, 0.29) is 30.7 Å². The van der Waals surface area contributed by atoms with Crippen LogP contribution in [-0.4, -0.2) is 46.1 Å². The van der Waals surface area contributed by atoms with Crippen molar-refractivity contribution >= 4 is 45.2 Å². The molecular formula is C36H44N4O4. The number of aromatic amines is 2. The van der Waals surface area contributed by atoms with Crippen molar-refractivity contribution in [3.05, 3.63) is 69.3 Å². The van der Waals surface area contributed by atoms with Crippen LogP contribution in [0.2, 0.25) is 0 Å². The Kier molecular flexibility index (Phi) is 9.09. The van der Waals surface area contributed by atoms with Gasteiger partial charge in [-0.05, 0) is 104 Å². The van der Waals surface area contributed by atoms with Crippen LogP contribution in [0.1, 0.15) is 110 Å². The Morgan fingerprint density at radius 2 is 1.32 bits per heavy atom. The van der Waals surface area contributed by atoms with E-state index in [9.17, 15) is 9.59 Å². The minimum Gasteiger partial charge on any atom is -0.469 e. The third-order valence-electron chi connectivity index (χ3n) is 9.55. The topological polar surface area (TPSA) is 110 Å². The Bertz CT molecular complexity index is 1810. The van der Waals surface area contributed by atoms with Crippen molar-refractivity contribution in [2.75, 3.05) is 14.2 Å². The van der Waals surface area contributed by atoms with Crippen molar-refractivity contribution in [2.24, 2.45) is 0 Å². The molecular weight excluding hydrogens is 552 g/mol. The molecule has 8 heteroatoms. The zero-order valence-electron chi connectivity index (χ0n) is 27.2. The molecule has 0 spiro atoms. The fourth-order valence-electron chi connectivity index (χ4n) is 6.76. The first kappa shape index (κ1) is 31.2. The number of methoxy groups -OCH3 is 2. The number of ether oxygens (including phenoxy) is 2. The van der Waals surface area contributed by atoms with Gasteiger partial charge in [0.25, 0.3) is 0 Å². The van der Waals surface area contributed by atoms with Crippen LogP contribution in [0.3, 0.4) is 0 Å². The predicted octanol–water partition coefficient (Wildman–Crippen LogP) is 7.78. The van der Waals surface area contributed by atoms with E-state index in [0.717, 1.165) is 80.0 Å². The van der Waals surface area contributed by atoms with E-state index in [1.165, 1.54) is 25.3 Å². The summed E-state index contributed by atoms with van der Waals surface area (Å²) >= 11 is 0. The molecule has 232 valence electrons. The monoisotopic (exact) mass is 596 g/mol.